The Balaban J connectivity index is 2.25. The highest BCUT2D eigenvalue weighted by molar-refractivity contribution is 5.82. The van der Waals surface area contributed by atoms with E-state index in [1.54, 1.807) is 17.1 Å². The number of hydrogen-bond acceptors (Lipinski definition) is 3. The number of para-hydroxylation sites is 1. The van der Waals surface area contributed by atoms with Gasteiger partial charge >= 0.3 is 5.97 Å². The summed E-state index contributed by atoms with van der Waals surface area (Å²) in [5.41, 5.74) is 4.15. The molecule has 1 aliphatic heterocycles. The lowest BCUT2D eigenvalue weighted by atomic mass is 10.1. The molecule has 0 aromatic heterocycles. The molecule has 0 spiro atoms. The topological polar surface area (TPSA) is 69.6 Å². The molecule has 1 amide bonds. The lowest BCUT2D eigenvalue weighted by Crippen LogP contribution is -2.33. The van der Waals surface area contributed by atoms with Gasteiger partial charge < -0.3 is 5.11 Å². The third-order valence-electron chi connectivity index (χ3n) is 2.45. The molecule has 1 aromatic rings. The smallest absolute Gasteiger partial charge is 0.307 e. The van der Waals surface area contributed by atoms with E-state index in [4.69, 9.17) is 5.11 Å². The average molecular weight is 220 g/mol. The number of aliphatic carboxylic acids is 1. The zero-order chi connectivity index (χ0) is 11.5. The second kappa shape index (κ2) is 4.22. The minimum absolute atomic E-state index is 0.0369. The predicted molar refractivity (Wildman–Crippen MR) is 57.9 cm³/mol. The number of rotatable bonds is 3. The van der Waals surface area contributed by atoms with Gasteiger partial charge in [0.25, 0.3) is 0 Å². The van der Waals surface area contributed by atoms with Crippen molar-refractivity contribution in [3.63, 3.8) is 0 Å². The molecule has 2 N–H and O–H groups in total. The maximum Gasteiger partial charge on any atom is 0.307 e. The van der Waals surface area contributed by atoms with E-state index in [0.717, 1.165) is 5.69 Å². The molecule has 0 atom stereocenters. The van der Waals surface area contributed by atoms with Crippen LogP contribution >= 0.6 is 0 Å². The van der Waals surface area contributed by atoms with Crippen LogP contribution in [-0.4, -0.2) is 23.5 Å². The van der Waals surface area contributed by atoms with E-state index in [-0.39, 0.29) is 12.3 Å². The van der Waals surface area contributed by atoms with Crippen LogP contribution in [0, 0.1) is 0 Å². The van der Waals surface area contributed by atoms with Crippen molar-refractivity contribution in [3.8, 4) is 0 Å². The zero-order valence-electron chi connectivity index (χ0n) is 8.64. The largest absolute Gasteiger partial charge is 0.481 e. The highest BCUT2D eigenvalue weighted by Gasteiger charge is 2.21. The number of hydrazine groups is 1. The number of carboxylic acids is 1. The molecule has 0 bridgehead atoms. The molecule has 0 saturated carbocycles. The van der Waals surface area contributed by atoms with Gasteiger partial charge in [0.2, 0.25) is 5.91 Å². The van der Waals surface area contributed by atoms with Crippen LogP contribution in [0.3, 0.4) is 0 Å². The summed E-state index contributed by atoms with van der Waals surface area (Å²) in [6.45, 7) is 0.579. The van der Waals surface area contributed by atoms with Crippen molar-refractivity contribution in [3.05, 3.63) is 29.8 Å². The van der Waals surface area contributed by atoms with Gasteiger partial charge in [0.15, 0.2) is 0 Å². The maximum atomic E-state index is 11.1. The number of carboxylic acid groups (broad SMARTS) is 1. The number of benzene rings is 1. The van der Waals surface area contributed by atoms with Crippen LogP contribution in [0.4, 0.5) is 5.69 Å². The third-order valence-corrected chi connectivity index (χ3v) is 2.45. The Bertz CT molecular complexity index is 431. The van der Waals surface area contributed by atoms with Gasteiger partial charge in [0.05, 0.1) is 12.1 Å². The molecule has 16 heavy (non-hydrogen) atoms. The van der Waals surface area contributed by atoms with Gasteiger partial charge in [-0.05, 0) is 11.6 Å². The molecule has 0 unspecified atom stereocenters. The number of nitrogens with one attached hydrogen (secondary N) is 1. The van der Waals surface area contributed by atoms with E-state index in [1.807, 2.05) is 12.1 Å². The predicted octanol–water partition coefficient (Wildman–Crippen LogP) is 0.555. The molecule has 1 fully saturated rings. The normalized spacial score (nSPS) is 15.0. The Kier molecular flexibility index (Phi) is 2.76. The summed E-state index contributed by atoms with van der Waals surface area (Å²) in [5.74, 6) is -0.914. The summed E-state index contributed by atoms with van der Waals surface area (Å²) in [6.07, 6.45) is 0.407. The van der Waals surface area contributed by atoms with Gasteiger partial charge in [-0.3, -0.25) is 20.0 Å². The molecule has 1 aliphatic rings. The zero-order valence-corrected chi connectivity index (χ0v) is 8.64. The second-order valence-electron chi connectivity index (χ2n) is 3.64. The fourth-order valence-electron chi connectivity index (χ4n) is 1.74. The number of carbonyl (C=O) groups is 2. The maximum absolute atomic E-state index is 11.1. The Morgan fingerprint density at radius 1 is 1.44 bits per heavy atom. The summed E-state index contributed by atoms with van der Waals surface area (Å²) < 4.78 is 0. The van der Waals surface area contributed by atoms with Crippen molar-refractivity contribution < 1.29 is 14.7 Å². The Hall–Kier alpha value is -2.04. The van der Waals surface area contributed by atoms with Crippen molar-refractivity contribution in [2.75, 3.05) is 11.6 Å². The fraction of sp³-hybridized carbons (Fsp3) is 0.273. The average Bonchev–Trinajstić information content (AvgIpc) is 2.65. The number of anilines is 1. The Morgan fingerprint density at radius 2 is 2.19 bits per heavy atom. The Labute approximate surface area is 92.6 Å². The van der Waals surface area contributed by atoms with Gasteiger partial charge in [-0.15, -0.1) is 0 Å². The van der Waals surface area contributed by atoms with Gasteiger partial charge in [-0.1, -0.05) is 18.2 Å². The highest BCUT2D eigenvalue weighted by Crippen LogP contribution is 2.21. The SMILES string of the molecule is O=C(O)Cc1ccccc1N1CCC(=O)N1. The van der Waals surface area contributed by atoms with Crippen LogP contribution in [-0.2, 0) is 16.0 Å². The molecule has 5 nitrogen and oxygen atoms in total. The molecule has 0 radical (unpaired) electrons. The first-order chi connectivity index (χ1) is 7.66. The summed E-state index contributed by atoms with van der Waals surface area (Å²) in [4.78, 5) is 21.8. The molecular weight excluding hydrogens is 208 g/mol. The van der Waals surface area contributed by atoms with Crippen LogP contribution in [0.5, 0.6) is 0 Å². The highest BCUT2D eigenvalue weighted by atomic mass is 16.4. The summed E-state index contributed by atoms with van der Waals surface area (Å²) in [7, 11) is 0. The van der Waals surface area contributed by atoms with Crippen LogP contribution in [0.2, 0.25) is 0 Å². The molecule has 84 valence electrons. The summed E-state index contributed by atoms with van der Waals surface area (Å²) >= 11 is 0. The van der Waals surface area contributed by atoms with Gasteiger partial charge in [-0.25, -0.2) is 0 Å². The third kappa shape index (κ3) is 2.13. The van der Waals surface area contributed by atoms with E-state index in [1.165, 1.54) is 0 Å². The first-order valence-electron chi connectivity index (χ1n) is 5.03. The monoisotopic (exact) mass is 220 g/mol. The summed E-state index contributed by atoms with van der Waals surface area (Å²) in [5, 5.41) is 10.5. The molecule has 2 rings (SSSR count). The molecule has 1 aromatic carbocycles. The lowest BCUT2D eigenvalue weighted by molar-refractivity contribution is -0.136. The van der Waals surface area contributed by atoms with Gasteiger partial charge in [0, 0.05) is 13.0 Å². The number of carbonyl (C=O) groups excluding carboxylic acids is 1. The van der Waals surface area contributed by atoms with Gasteiger partial charge in [0.1, 0.15) is 0 Å². The number of nitrogens with zero attached hydrogens (tertiary/aromatic N) is 1. The van der Waals surface area contributed by atoms with E-state index in [9.17, 15) is 9.59 Å². The van der Waals surface area contributed by atoms with E-state index < -0.39 is 5.97 Å². The van der Waals surface area contributed by atoms with E-state index >= 15 is 0 Å². The van der Waals surface area contributed by atoms with Crippen molar-refractivity contribution in [2.45, 2.75) is 12.8 Å². The van der Waals surface area contributed by atoms with Crippen molar-refractivity contribution in [2.24, 2.45) is 0 Å². The molecule has 1 saturated heterocycles. The first-order valence-corrected chi connectivity index (χ1v) is 5.03. The van der Waals surface area contributed by atoms with E-state index in [0.29, 0.717) is 18.5 Å². The van der Waals surface area contributed by atoms with E-state index in [2.05, 4.69) is 5.43 Å². The van der Waals surface area contributed by atoms with Crippen LogP contribution < -0.4 is 10.4 Å². The molecule has 1 heterocycles. The number of amides is 1. The van der Waals surface area contributed by atoms with Crippen LogP contribution in [0.15, 0.2) is 24.3 Å². The molecular formula is C11H12N2O3. The molecule has 0 aliphatic carbocycles. The number of hydrogen-bond donors (Lipinski definition) is 2. The van der Waals surface area contributed by atoms with Crippen molar-refractivity contribution in [1.29, 1.82) is 0 Å². The lowest BCUT2D eigenvalue weighted by Gasteiger charge is -2.20. The minimum Gasteiger partial charge on any atom is -0.481 e. The van der Waals surface area contributed by atoms with Crippen LogP contribution in [0.1, 0.15) is 12.0 Å². The second-order valence-corrected chi connectivity index (χ2v) is 3.64. The molecule has 5 heteroatoms. The standard InChI is InChI=1S/C11H12N2O3/c14-10-5-6-13(12-10)9-4-2-1-3-8(9)7-11(15)16/h1-4H,5-7H2,(H,12,14)(H,15,16). The quantitative estimate of drug-likeness (QED) is 0.780. The van der Waals surface area contributed by atoms with Gasteiger partial charge in [-0.2, -0.15) is 0 Å². The van der Waals surface area contributed by atoms with Crippen molar-refractivity contribution in [1.82, 2.24) is 5.43 Å². The summed E-state index contributed by atoms with van der Waals surface area (Å²) in [6, 6.07) is 7.18. The first kappa shape index (κ1) is 10.5. The van der Waals surface area contributed by atoms with Crippen molar-refractivity contribution >= 4 is 17.6 Å². The fourth-order valence-corrected chi connectivity index (χ4v) is 1.74. The Morgan fingerprint density at radius 3 is 2.81 bits per heavy atom. The minimum atomic E-state index is -0.877. The van der Waals surface area contributed by atoms with Crippen LogP contribution in [0.25, 0.3) is 0 Å².